The van der Waals surface area contributed by atoms with Crippen molar-refractivity contribution in [2.45, 2.75) is 37.9 Å². The quantitative estimate of drug-likeness (QED) is 0.860. The molecule has 1 aromatic heterocycles. The molecule has 11 heteroatoms. The lowest BCUT2D eigenvalue weighted by Crippen LogP contribution is -2.59. The molecule has 0 bridgehead atoms. The average Bonchev–Trinajstić information content (AvgIpc) is 2.66. The predicted molar refractivity (Wildman–Crippen MR) is 60.5 cm³/mol. The molecule has 1 heterocycles. The zero-order valence-corrected chi connectivity index (χ0v) is 11.6. The summed E-state index contributed by atoms with van der Waals surface area (Å²) in [5, 5.41) is 5.29. The van der Waals surface area contributed by atoms with Gasteiger partial charge in [-0.15, -0.1) is 0 Å². The summed E-state index contributed by atoms with van der Waals surface area (Å²) >= 11 is 0. The van der Waals surface area contributed by atoms with Crippen molar-refractivity contribution in [1.82, 2.24) is 15.1 Å². The van der Waals surface area contributed by atoms with Crippen molar-refractivity contribution in [1.29, 1.82) is 0 Å². The maximum absolute atomic E-state index is 13.2. The lowest BCUT2D eigenvalue weighted by molar-refractivity contribution is -0.344. The molecule has 1 unspecified atom stereocenters. The number of aryl methyl sites for hydroxylation is 2. The van der Waals surface area contributed by atoms with Crippen LogP contribution in [0.5, 0.6) is 0 Å². The number of halogens is 7. The molecule has 0 fully saturated rings. The Morgan fingerprint density at radius 2 is 1.73 bits per heavy atom. The van der Waals surface area contributed by atoms with Crippen LogP contribution in [0.25, 0.3) is 0 Å². The molecule has 1 amide bonds. The Morgan fingerprint density at radius 3 is 2.09 bits per heavy atom. The van der Waals surface area contributed by atoms with Crippen LogP contribution in [0.15, 0.2) is 6.20 Å². The van der Waals surface area contributed by atoms with Crippen LogP contribution < -0.4 is 5.32 Å². The average molecular weight is 335 g/mol. The standard InChI is InChI=1S/C11H12F7N3O/c1-5(7-4-21(3)20-6(7)2)19-8(22)9(12,13)10(14,15)11(16,17)18/h4-5H,1-3H3,(H,19,22). The summed E-state index contributed by atoms with van der Waals surface area (Å²) in [6.45, 7) is 2.62. The monoisotopic (exact) mass is 335 g/mol. The molecule has 1 aromatic rings. The van der Waals surface area contributed by atoms with E-state index in [0.29, 0.717) is 5.69 Å². The van der Waals surface area contributed by atoms with Gasteiger partial charge in [0.25, 0.3) is 5.91 Å². The van der Waals surface area contributed by atoms with Gasteiger partial charge in [0.15, 0.2) is 0 Å². The van der Waals surface area contributed by atoms with Gasteiger partial charge in [0.1, 0.15) is 0 Å². The van der Waals surface area contributed by atoms with E-state index in [1.54, 1.807) is 0 Å². The van der Waals surface area contributed by atoms with Crippen LogP contribution in [0.1, 0.15) is 24.2 Å². The van der Waals surface area contributed by atoms with Crippen LogP contribution in [-0.2, 0) is 11.8 Å². The van der Waals surface area contributed by atoms with Gasteiger partial charge in [-0.2, -0.15) is 35.8 Å². The highest BCUT2D eigenvalue weighted by Gasteiger charge is 2.76. The van der Waals surface area contributed by atoms with Gasteiger partial charge in [-0.1, -0.05) is 0 Å². The number of hydrogen-bond donors (Lipinski definition) is 1. The van der Waals surface area contributed by atoms with Crippen LogP contribution in [0.2, 0.25) is 0 Å². The SMILES string of the molecule is Cc1nn(C)cc1C(C)NC(=O)C(F)(F)C(F)(F)C(F)(F)F. The second kappa shape index (κ2) is 5.43. The first-order chi connectivity index (χ1) is 9.71. The summed E-state index contributed by atoms with van der Waals surface area (Å²) in [6, 6.07) is -1.23. The highest BCUT2D eigenvalue weighted by Crippen LogP contribution is 2.46. The van der Waals surface area contributed by atoms with E-state index in [4.69, 9.17) is 0 Å². The first-order valence-corrected chi connectivity index (χ1v) is 5.85. The zero-order chi connectivity index (χ0) is 17.5. The van der Waals surface area contributed by atoms with Crippen LogP contribution in [0, 0.1) is 6.92 Å². The molecule has 0 aliphatic carbocycles. The summed E-state index contributed by atoms with van der Waals surface area (Å²) in [4.78, 5) is 11.2. The predicted octanol–water partition coefficient (Wildman–Crippen LogP) is 2.74. The van der Waals surface area contributed by atoms with Crippen molar-refractivity contribution in [3.63, 3.8) is 0 Å². The summed E-state index contributed by atoms with van der Waals surface area (Å²) < 4.78 is 89.1. The number of rotatable bonds is 4. The van der Waals surface area contributed by atoms with Crippen molar-refractivity contribution in [3.8, 4) is 0 Å². The number of amides is 1. The zero-order valence-electron chi connectivity index (χ0n) is 11.6. The Morgan fingerprint density at radius 1 is 1.23 bits per heavy atom. The fraction of sp³-hybridized carbons (Fsp3) is 0.636. The van der Waals surface area contributed by atoms with Crippen LogP contribution in [-0.4, -0.2) is 33.7 Å². The van der Waals surface area contributed by atoms with Gasteiger partial charge in [-0.25, -0.2) is 0 Å². The van der Waals surface area contributed by atoms with Crippen LogP contribution >= 0.6 is 0 Å². The van der Waals surface area contributed by atoms with Crippen LogP contribution in [0.3, 0.4) is 0 Å². The minimum absolute atomic E-state index is 0.210. The molecule has 0 saturated heterocycles. The molecule has 0 spiro atoms. The molecule has 1 rings (SSSR count). The van der Waals surface area contributed by atoms with E-state index in [1.807, 2.05) is 0 Å². The second-order valence-electron chi connectivity index (χ2n) is 4.69. The van der Waals surface area contributed by atoms with Crippen LogP contribution in [0.4, 0.5) is 30.7 Å². The first-order valence-electron chi connectivity index (χ1n) is 5.85. The molecule has 0 saturated carbocycles. The number of aromatic nitrogens is 2. The first kappa shape index (κ1) is 18.2. The van der Waals surface area contributed by atoms with E-state index in [1.165, 1.54) is 30.2 Å². The third-order valence-corrected chi connectivity index (χ3v) is 2.90. The largest absolute Gasteiger partial charge is 0.460 e. The third kappa shape index (κ3) is 3.02. The Hall–Kier alpha value is -1.81. The number of alkyl halides is 7. The maximum atomic E-state index is 13.2. The summed E-state index contributed by atoms with van der Waals surface area (Å²) in [5.41, 5.74) is 0.517. The van der Waals surface area contributed by atoms with E-state index in [9.17, 15) is 35.5 Å². The summed E-state index contributed by atoms with van der Waals surface area (Å²) in [7, 11) is 1.48. The van der Waals surface area contributed by atoms with Crippen molar-refractivity contribution in [2.24, 2.45) is 7.05 Å². The summed E-state index contributed by atoms with van der Waals surface area (Å²) in [5.74, 6) is -15.1. The Labute approximate surface area is 120 Å². The fourth-order valence-corrected chi connectivity index (χ4v) is 1.73. The third-order valence-electron chi connectivity index (χ3n) is 2.90. The summed E-state index contributed by atoms with van der Waals surface area (Å²) in [6.07, 6.45) is -5.23. The number of nitrogens with one attached hydrogen (secondary N) is 1. The Bertz CT molecular complexity index is 565. The van der Waals surface area contributed by atoms with Gasteiger partial charge in [-0.3, -0.25) is 9.48 Å². The minimum atomic E-state index is -6.55. The highest BCUT2D eigenvalue weighted by molar-refractivity contribution is 5.85. The number of hydrogen-bond acceptors (Lipinski definition) is 2. The molecule has 0 aliphatic heterocycles. The topological polar surface area (TPSA) is 46.9 Å². The van der Waals surface area contributed by atoms with Gasteiger partial charge in [0.05, 0.1) is 11.7 Å². The normalized spacial score (nSPS) is 14.8. The smallest absolute Gasteiger partial charge is 0.344 e. The van der Waals surface area contributed by atoms with Gasteiger partial charge >= 0.3 is 18.0 Å². The molecule has 1 atom stereocenters. The number of nitrogens with zero attached hydrogens (tertiary/aromatic N) is 2. The van der Waals surface area contributed by atoms with E-state index >= 15 is 0 Å². The minimum Gasteiger partial charge on any atom is -0.344 e. The van der Waals surface area contributed by atoms with E-state index < -0.39 is 30.0 Å². The number of carbonyl (C=O) groups is 1. The van der Waals surface area contributed by atoms with Gasteiger partial charge in [-0.05, 0) is 13.8 Å². The number of carbonyl (C=O) groups excluding carboxylic acids is 1. The molecule has 0 aromatic carbocycles. The highest BCUT2D eigenvalue weighted by atomic mass is 19.4. The molecular formula is C11H12F7N3O. The second-order valence-corrected chi connectivity index (χ2v) is 4.69. The molecule has 126 valence electrons. The van der Waals surface area contributed by atoms with Crippen molar-refractivity contribution in [2.75, 3.05) is 0 Å². The van der Waals surface area contributed by atoms with Crippen molar-refractivity contribution in [3.05, 3.63) is 17.5 Å². The Balaban J connectivity index is 2.99. The molecule has 1 N–H and O–H groups in total. The molecular weight excluding hydrogens is 323 g/mol. The molecule has 0 aliphatic rings. The fourth-order valence-electron chi connectivity index (χ4n) is 1.73. The van der Waals surface area contributed by atoms with E-state index in [0.717, 1.165) is 6.92 Å². The molecule has 22 heavy (non-hydrogen) atoms. The maximum Gasteiger partial charge on any atom is 0.460 e. The van der Waals surface area contributed by atoms with E-state index in [2.05, 4.69) is 5.10 Å². The van der Waals surface area contributed by atoms with Gasteiger partial charge in [0, 0.05) is 18.8 Å². The molecule has 4 nitrogen and oxygen atoms in total. The van der Waals surface area contributed by atoms with E-state index in [-0.39, 0.29) is 5.56 Å². The van der Waals surface area contributed by atoms with Gasteiger partial charge in [0.2, 0.25) is 0 Å². The van der Waals surface area contributed by atoms with Crippen molar-refractivity contribution >= 4 is 5.91 Å². The molecule has 0 radical (unpaired) electrons. The lowest BCUT2D eigenvalue weighted by Gasteiger charge is -2.28. The lowest BCUT2D eigenvalue weighted by atomic mass is 10.1. The van der Waals surface area contributed by atoms with Crippen molar-refractivity contribution < 1.29 is 35.5 Å². The van der Waals surface area contributed by atoms with Gasteiger partial charge < -0.3 is 5.32 Å². The Kier molecular flexibility index (Phi) is 4.50.